The number of nitrogens with zero attached hydrogens (tertiary/aromatic N) is 3. The van der Waals surface area contributed by atoms with Crippen LogP contribution in [0.5, 0.6) is 0 Å². The van der Waals surface area contributed by atoms with Crippen LogP contribution in [0.4, 0.5) is 13.2 Å². The van der Waals surface area contributed by atoms with Crippen LogP contribution in [-0.2, 0) is 19.4 Å². The van der Waals surface area contributed by atoms with Crippen LogP contribution >= 0.6 is 35.3 Å². The second-order valence-electron chi connectivity index (χ2n) is 5.61. The Morgan fingerprint density at radius 2 is 2.08 bits per heavy atom. The first-order valence-corrected chi connectivity index (χ1v) is 9.84. The highest BCUT2D eigenvalue weighted by Crippen LogP contribution is 2.35. The van der Waals surface area contributed by atoms with E-state index in [0.29, 0.717) is 22.2 Å². The molecule has 1 aliphatic carbocycles. The molecule has 1 fully saturated rings. The lowest BCUT2D eigenvalue weighted by molar-refractivity contribution is -0.138. The van der Waals surface area contributed by atoms with E-state index in [1.807, 2.05) is 11.2 Å². The number of thioether (sulfide) groups is 1. The fourth-order valence-electron chi connectivity index (χ4n) is 2.52. The number of halogens is 3. The minimum absolute atomic E-state index is 0.244. The first kappa shape index (κ1) is 17.9. The zero-order valence-electron chi connectivity index (χ0n) is 12.9. The number of aromatic nitrogens is 2. The van der Waals surface area contributed by atoms with E-state index < -0.39 is 11.7 Å². The van der Waals surface area contributed by atoms with Gasteiger partial charge in [0.15, 0.2) is 8.29 Å². The van der Waals surface area contributed by atoms with Crippen LogP contribution in [0.2, 0.25) is 0 Å². The maximum absolute atomic E-state index is 13.2. The van der Waals surface area contributed by atoms with Crippen molar-refractivity contribution in [1.29, 1.82) is 0 Å². The average molecular weight is 392 g/mol. The molecule has 0 bridgehead atoms. The molecule has 2 aromatic rings. The first-order chi connectivity index (χ1) is 11.4. The van der Waals surface area contributed by atoms with Crippen molar-refractivity contribution in [1.82, 2.24) is 14.7 Å². The van der Waals surface area contributed by atoms with Crippen LogP contribution in [0.3, 0.4) is 0 Å². The minimum atomic E-state index is -4.34. The second-order valence-corrected chi connectivity index (χ2v) is 8.29. The molecule has 0 N–H and O–H groups in total. The Labute approximate surface area is 151 Å². The predicted octanol–water partition coefficient (Wildman–Crippen LogP) is 5.04. The van der Waals surface area contributed by atoms with Crippen molar-refractivity contribution in [2.24, 2.45) is 0 Å². The van der Waals surface area contributed by atoms with Crippen LogP contribution in [-0.4, -0.2) is 27.0 Å². The van der Waals surface area contributed by atoms with Crippen molar-refractivity contribution in [3.05, 3.63) is 39.3 Å². The van der Waals surface area contributed by atoms with Gasteiger partial charge in [-0.15, -0.1) is 0 Å². The molecule has 1 aromatic heterocycles. The quantitative estimate of drug-likeness (QED) is 0.508. The summed E-state index contributed by atoms with van der Waals surface area (Å²) in [5.74, 6) is 0. The molecule has 1 saturated carbocycles. The topological polar surface area (TPSA) is 21.1 Å². The third kappa shape index (κ3) is 4.19. The van der Waals surface area contributed by atoms with Crippen molar-refractivity contribution in [3.8, 4) is 0 Å². The molecule has 1 aromatic carbocycles. The average Bonchev–Trinajstić information content (AvgIpc) is 3.31. The van der Waals surface area contributed by atoms with Gasteiger partial charge < -0.3 is 0 Å². The van der Waals surface area contributed by atoms with Gasteiger partial charge in [0.25, 0.3) is 0 Å². The molecular weight excluding hydrogens is 375 g/mol. The normalized spacial score (nSPS) is 15.2. The minimum Gasteiger partial charge on any atom is -0.277 e. The summed E-state index contributed by atoms with van der Waals surface area (Å²) in [6, 6.07) is 6.06. The van der Waals surface area contributed by atoms with E-state index in [1.54, 1.807) is 16.8 Å². The maximum Gasteiger partial charge on any atom is 0.416 e. The summed E-state index contributed by atoms with van der Waals surface area (Å²) in [5, 5.41) is 4.42. The lowest BCUT2D eigenvalue weighted by Crippen LogP contribution is -2.30. The molecule has 1 aliphatic rings. The summed E-state index contributed by atoms with van der Waals surface area (Å²) in [5.41, 5.74) is -0.272. The highest BCUT2D eigenvalue weighted by Gasteiger charge is 2.35. The molecule has 3 rings (SSSR count). The van der Waals surface area contributed by atoms with Gasteiger partial charge in [-0.1, -0.05) is 41.3 Å². The van der Waals surface area contributed by atoms with Gasteiger partial charge in [-0.25, -0.2) is 4.68 Å². The third-order valence-electron chi connectivity index (χ3n) is 3.84. The van der Waals surface area contributed by atoms with Crippen LogP contribution < -0.4 is 0 Å². The third-order valence-corrected chi connectivity index (χ3v) is 6.12. The standard InChI is InChI=1S/C15H16F3N3S3/c1-23-13-19-21(14(22)24-13)9-20(11-6-7-11)8-10-4-2-3-5-12(10)15(16,17)18/h2-5,11H,6-9H2,1H3. The summed E-state index contributed by atoms with van der Waals surface area (Å²) in [6.07, 6.45) is -0.410. The molecule has 24 heavy (non-hydrogen) atoms. The molecule has 0 saturated heterocycles. The van der Waals surface area contributed by atoms with Gasteiger partial charge in [-0.05, 0) is 42.9 Å². The summed E-state index contributed by atoms with van der Waals surface area (Å²) < 4.78 is 42.8. The molecule has 0 atom stereocenters. The molecule has 9 heteroatoms. The molecule has 130 valence electrons. The number of hydrogen-bond donors (Lipinski definition) is 0. The van der Waals surface area contributed by atoms with Gasteiger partial charge in [-0.2, -0.15) is 18.3 Å². The van der Waals surface area contributed by atoms with Crippen molar-refractivity contribution in [3.63, 3.8) is 0 Å². The second kappa shape index (κ2) is 7.15. The van der Waals surface area contributed by atoms with E-state index in [9.17, 15) is 13.2 Å². The number of benzene rings is 1. The van der Waals surface area contributed by atoms with Crippen molar-refractivity contribution < 1.29 is 13.2 Å². The van der Waals surface area contributed by atoms with Crippen molar-refractivity contribution in [2.75, 3.05) is 6.26 Å². The molecule has 0 radical (unpaired) electrons. The van der Waals surface area contributed by atoms with Crippen LogP contribution in [0.25, 0.3) is 0 Å². The molecule has 0 aliphatic heterocycles. The Morgan fingerprint density at radius 3 is 2.67 bits per heavy atom. The van der Waals surface area contributed by atoms with Crippen LogP contribution in [0, 0.1) is 3.95 Å². The lowest BCUT2D eigenvalue weighted by atomic mass is 10.1. The number of hydrogen-bond acceptors (Lipinski definition) is 5. The van der Waals surface area contributed by atoms with Gasteiger partial charge in [0.2, 0.25) is 0 Å². The summed E-state index contributed by atoms with van der Waals surface area (Å²) in [4.78, 5) is 2.03. The van der Waals surface area contributed by atoms with E-state index in [-0.39, 0.29) is 6.54 Å². The van der Waals surface area contributed by atoms with Gasteiger partial charge >= 0.3 is 6.18 Å². The summed E-state index contributed by atoms with van der Waals surface area (Å²) in [7, 11) is 0. The molecule has 0 spiro atoms. The molecule has 0 amide bonds. The largest absolute Gasteiger partial charge is 0.416 e. The fraction of sp³-hybridized carbons (Fsp3) is 0.467. The van der Waals surface area contributed by atoms with E-state index in [4.69, 9.17) is 12.2 Å². The zero-order valence-corrected chi connectivity index (χ0v) is 15.4. The number of alkyl halides is 3. The Balaban J connectivity index is 1.83. The van der Waals surface area contributed by atoms with E-state index in [0.717, 1.165) is 23.2 Å². The molecule has 3 nitrogen and oxygen atoms in total. The first-order valence-electron chi connectivity index (χ1n) is 7.39. The Hall–Kier alpha value is -0.900. The summed E-state index contributed by atoms with van der Waals surface area (Å²) >= 11 is 8.26. The molecular formula is C15H16F3N3S3. The van der Waals surface area contributed by atoms with Gasteiger partial charge in [0, 0.05) is 12.6 Å². The maximum atomic E-state index is 13.2. The van der Waals surface area contributed by atoms with Crippen molar-refractivity contribution in [2.45, 2.75) is 42.6 Å². The molecule has 1 heterocycles. The Morgan fingerprint density at radius 1 is 1.38 bits per heavy atom. The zero-order chi connectivity index (χ0) is 17.3. The predicted molar refractivity (Wildman–Crippen MR) is 92.7 cm³/mol. The van der Waals surface area contributed by atoms with Gasteiger partial charge in [0.05, 0.1) is 12.2 Å². The van der Waals surface area contributed by atoms with Crippen LogP contribution in [0.15, 0.2) is 28.6 Å². The van der Waals surface area contributed by atoms with Gasteiger partial charge in [-0.3, -0.25) is 4.90 Å². The molecule has 0 unspecified atom stereocenters. The SMILES string of the molecule is CSc1nn(CN(Cc2ccccc2C(F)(F)F)C2CC2)c(=S)s1. The van der Waals surface area contributed by atoms with E-state index in [1.165, 1.54) is 29.2 Å². The smallest absolute Gasteiger partial charge is 0.277 e. The van der Waals surface area contributed by atoms with Crippen LogP contribution in [0.1, 0.15) is 24.0 Å². The Kier molecular flexibility index (Phi) is 5.33. The van der Waals surface area contributed by atoms with Gasteiger partial charge in [0.1, 0.15) is 0 Å². The van der Waals surface area contributed by atoms with E-state index >= 15 is 0 Å². The Bertz CT molecular complexity index is 765. The lowest BCUT2D eigenvalue weighted by Gasteiger charge is -2.23. The highest BCUT2D eigenvalue weighted by atomic mass is 32.2. The number of rotatable bonds is 6. The monoisotopic (exact) mass is 391 g/mol. The van der Waals surface area contributed by atoms with Crippen molar-refractivity contribution >= 4 is 35.3 Å². The van der Waals surface area contributed by atoms with E-state index in [2.05, 4.69) is 5.10 Å². The highest BCUT2D eigenvalue weighted by molar-refractivity contribution is 8.00. The summed E-state index contributed by atoms with van der Waals surface area (Å²) in [6.45, 7) is 0.668. The fourth-order valence-corrected chi connectivity index (χ4v) is 4.26.